The van der Waals surface area contributed by atoms with Crippen LogP contribution in [0.25, 0.3) is 10.8 Å². The molecule has 0 saturated carbocycles. The van der Waals surface area contributed by atoms with Crippen molar-refractivity contribution in [1.82, 2.24) is 10.3 Å². The number of aromatic nitrogens is 1. The summed E-state index contributed by atoms with van der Waals surface area (Å²) < 4.78 is 0. The minimum atomic E-state index is 0.722. The molecule has 0 radical (unpaired) electrons. The van der Waals surface area contributed by atoms with Crippen LogP contribution in [0.4, 0.5) is 0 Å². The number of hydrogen-bond donors (Lipinski definition) is 1. The van der Waals surface area contributed by atoms with Crippen molar-refractivity contribution in [2.75, 3.05) is 13.1 Å². The zero-order valence-corrected chi connectivity index (χ0v) is 10.2. The van der Waals surface area contributed by atoms with Gasteiger partial charge < -0.3 is 5.32 Å². The maximum absolute atomic E-state index is 4.38. The molecule has 1 fully saturated rings. The quantitative estimate of drug-likeness (QED) is 0.808. The topological polar surface area (TPSA) is 24.9 Å². The van der Waals surface area contributed by atoms with E-state index in [1.807, 2.05) is 6.20 Å². The Kier molecular flexibility index (Phi) is 2.81. The summed E-state index contributed by atoms with van der Waals surface area (Å²) in [7, 11) is 0. The zero-order chi connectivity index (χ0) is 11.7. The molecule has 0 bridgehead atoms. The number of pyridine rings is 1. The van der Waals surface area contributed by atoms with Crippen LogP contribution in [0.15, 0.2) is 30.5 Å². The van der Waals surface area contributed by atoms with Crippen molar-refractivity contribution >= 4 is 10.8 Å². The van der Waals surface area contributed by atoms with E-state index < -0.39 is 0 Å². The van der Waals surface area contributed by atoms with Gasteiger partial charge in [0.25, 0.3) is 0 Å². The van der Waals surface area contributed by atoms with Crippen LogP contribution in [0.5, 0.6) is 0 Å². The molecule has 2 heterocycles. The third-order valence-corrected chi connectivity index (χ3v) is 3.80. The molecule has 1 aromatic heterocycles. The largest absolute Gasteiger partial charge is 0.317 e. The van der Waals surface area contributed by atoms with Crippen LogP contribution < -0.4 is 5.32 Å². The van der Waals surface area contributed by atoms with Gasteiger partial charge in [-0.2, -0.15) is 0 Å². The van der Waals surface area contributed by atoms with Gasteiger partial charge in [-0.15, -0.1) is 0 Å². The van der Waals surface area contributed by atoms with Gasteiger partial charge in [0.2, 0.25) is 0 Å². The maximum atomic E-state index is 4.38. The molecule has 3 rings (SSSR count). The number of nitrogens with one attached hydrogen (secondary N) is 1. The van der Waals surface area contributed by atoms with Crippen molar-refractivity contribution in [3.8, 4) is 0 Å². The Morgan fingerprint density at radius 2 is 2.00 bits per heavy atom. The summed E-state index contributed by atoms with van der Waals surface area (Å²) in [4.78, 5) is 4.38. The highest BCUT2D eigenvalue weighted by Gasteiger charge is 2.15. The predicted molar refractivity (Wildman–Crippen MR) is 71.3 cm³/mol. The minimum absolute atomic E-state index is 0.722. The van der Waals surface area contributed by atoms with Gasteiger partial charge in [-0.25, -0.2) is 0 Å². The predicted octanol–water partition coefficient (Wildman–Crippen LogP) is 3.01. The molecule has 1 aliphatic heterocycles. The third-order valence-electron chi connectivity index (χ3n) is 3.80. The van der Waals surface area contributed by atoms with E-state index >= 15 is 0 Å². The normalized spacial score (nSPS) is 17.5. The highest BCUT2D eigenvalue weighted by Crippen LogP contribution is 2.28. The lowest BCUT2D eigenvalue weighted by Crippen LogP contribution is -2.26. The summed E-state index contributed by atoms with van der Waals surface area (Å²) in [6.45, 7) is 4.39. The van der Waals surface area contributed by atoms with Gasteiger partial charge in [-0.3, -0.25) is 4.98 Å². The molecule has 1 aromatic carbocycles. The van der Waals surface area contributed by atoms with Gasteiger partial charge in [0.15, 0.2) is 0 Å². The van der Waals surface area contributed by atoms with Crippen molar-refractivity contribution in [1.29, 1.82) is 0 Å². The van der Waals surface area contributed by atoms with E-state index in [1.54, 1.807) is 0 Å². The molecule has 1 N–H and O–H groups in total. The standard InChI is InChI=1S/C15H18N2/c1-11-15-10-14(12-4-7-16-8-5-12)3-2-13(15)6-9-17-11/h2-3,6,9-10,12,16H,4-5,7-8H2,1H3. The number of piperidine rings is 1. The summed E-state index contributed by atoms with van der Waals surface area (Å²) in [5, 5.41) is 6.03. The van der Waals surface area contributed by atoms with Crippen LogP contribution >= 0.6 is 0 Å². The Bertz CT molecular complexity index is 527. The number of rotatable bonds is 1. The maximum Gasteiger partial charge on any atom is 0.0451 e. The second kappa shape index (κ2) is 4.46. The molecule has 0 aliphatic carbocycles. The molecule has 2 nitrogen and oxygen atoms in total. The number of aryl methyl sites for hydroxylation is 1. The van der Waals surface area contributed by atoms with Crippen LogP contribution in [0.3, 0.4) is 0 Å². The van der Waals surface area contributed by atoms with Crippen LogP contribution in [0.1, 0.15) is 30.0 Å². The fraction of sp³-hybridized carbons (Fsp3) is 0.400. The molecule has 88 valence electrons. The zero-order valence-electron chi connectivity index (χ0n) is 10.2. The van der Waals surface area contributed by atoms with Gasteiger partial charge in [-0.1, -0.05) is 12.1 Å². The van der Waals surface area contributed by atoms with Crippen molar-refractivity contribution in [3.05, 3.63) is 41.7 Å². The number of benzene rings is 1. The molecule has 0 atom stereocenters. The van der Waals surface area contributed by atoms with Crippen molar-refractivity contribution in [3.63, 3.8) is 0 Å². The third kappa shape index (κ3) is 2.05. The summed E-state index contributed by atoms with van der Waals surface area (Å²) in [5.74, 6) is 0.722. The first kappa shape index (κ1) is 10.7. The molecule has 2 aromatic rings. The van der Waals surface area contributed by atoms with E-state index in [9.17, 15) is 0 Å². The van der Waals surface area contributed by atoms with Crippen molar-refractivity contribution in [2.45, 2.75) is 25.7 Å². The monoisotopic (exact) mass is 226 g/mol. The number of nitrogens with zero attached hydrogens (tertiary/aromatic N) is 1. The molecular weight excluding hydrogens is 208 g/mol. The van der Waals surface area contributed by atoms with E-state index in [2.05, 4.69) is 41.5 Å². The van der Waals surface area contributed by atoms with Crippen LogP contribution in [-0.4, -0.2) is 18.1 Å². The minimum Gasteiger partial charge on any atom is -0.317 e. The summed E-state index contributed by atoms with van der Waals surface area (Å²) in [6.07, 6.45) is 4.40. The summed E-state index contributed by atoms with van der Waals surface area (Å²) in [6, 6.07) is 8.96. The summed E-state index contributed by atoms with van der Waals surface area (Å²) >= 11 is 0. The molecular formula is C15H18N2. The second-order valence-electron chi connectivity index (χ2n) is 4.90. The van der Waals surface area contributed by atoms with Crippen LogP contribution in [-0.2, 0) is 0 Å². The number of fused-ring (bicyclic) bond motifs is 1. The molecule has 2 heteroatoms. The molecule has 0 spiro atoms. The highest BCUT2D eigenvalue weighted by atomic mass is 14.9. The van der Waals surface area contributed by atoms with Crippen molar-refractivity contribution < 1.29 is 0 Å². The summed E-state index contributed by atoms with van der Waals surface area (Å²) in [5.41, 5.74) is 2.62. The SMILES string of the molecule is Cc1nccc2ccc(C3CCNCC3)cc12. The Morgan fingerprint density at radius 1 is 1.18 bits per heavy atom. The number of hydrogen-bond acceptors (Lipinski definition) is 2. The van der Waals surface area contributed by atoms with Crippen LogP contribution in [0.2, 0.25) is 0 Å². The van der Waals surface area contributed by atoms with E-state index in [1.165, 1.54) is 29.2 Å². The fourth-order valence-corrected chi connectivity index (χ4v) is 2.74. The van der Waals surface area contributed by atoms with E-state index in [0.29, 0.717) is 0 Å². The first-order valence-corrected chi connectivity index (χ1v) is 6.40. The van der Waals surface area contributed by atoms with Crippen molar-refractivity contribution in [2.24, 2.45) is 0 Å². The van der Waals surface area contributed by atoms with Crippen LogP contribution in [0, 0.1) is 6.92 Å². The molecule has 1 aliphatic rings. The van der Waals surface area contributed by atoms with E-state index in [4.69, 9.17) is 0 Å². The molecule has 1 saturated heterocycles. The average molecular weight is 226 g/mol. The first-order valence-electron chi connectivity index (χ1n) is 6.40. The lowest BCUT2D eigenvalue weighted by molar-refractivity contribution is 0.460. The fourth-order valence-electron chi connectivity index (χ4n) is 2.74. The smallest absolute Gasteiger partial charge is 0.0451 e. The Hall–Kier alpha value is -1.41. The molecule has 0 amide bonds. The van der Waals surface area contributed by atoms with Gasteiger partial charge in [-0.05, 0) is 61.9 Å². The van der Waals surface area contributed by atoms with Gasteiger partial charge in [0.1, 0.15) is 0 Å². The Morgan fingerprint density at radius 3 is 2.82 bits per heavy atom. The van der Waals surface area contributed by atoms with E-state index in [0.717, 1.165) is 24.7 Å². The van der Waals surface area contributed by atoms with E-state index in [-0.39, 0.29) is 0 Å². The molecule has 0 unspecified atom stereocenters. The van der Waals surface area contributed by atoms with Gasteiger partial charge in [0.05, 0.1) is 0 Å². The molecule has 17 heavy (non-hydrogen) atoms. The lowest BCUT2D eigenvalue weighted by Gasteiger charge is -2.23. The Labute approximate surface area is 102 Å². The second-order valence-corrected chi connectivity index (χ2v) is 4.90. The van der Waals surface area contributed by atoms with Gasteiger partial charge >= 0.3 is 0 Å². The lowest BCUT2D eigenvalue weighted by atomic mass is 9.89. The Balaban J connectivity index is 2.03. The first-order chi connectivity index (χ1) is 8.34. The van der Waals surface area contributed by atoms with Gasteiger partial charge in [0, 0.05) is 17.3 Å². The average Bonchev–Trinajstić information content (AvgIpc) is 2.40. The highest BCUT2D eigenvalue weighted by molar-refractivity contribution is 5.84.